The average molecular weight is 419 g/mol. The number of pyridine rings is 1. The zero-order chi connectivity index (χ0) is 21.6. The molecule has 9 nitrogen and oxygen atoms in total. The Morgan fingerprint density at radius 1 is 1.03 bits per heavy atom. The third kappa shape index (κ3) is 5.32. The van der Waals surface area contributed by atoms with Crippen molar-refractivity contribution in [3.8, 4) is 0 Å². The highest BCUT2D eigenvalue weighted by Crippen LogP contribution is 2.18. The number of likely N-dealkylation sites (N-methyl/N-ethyl adjacent to an activating group) is 1. The fraction of sp³-hybridized carbons (Fsp3) is 0.318. The van der Waals surface area contributed by atoms with Gasteiger partial charge < -0.3 is 20.4 Å². The molecular formula is C22H26N8O. The molecule has 2 aromatic heterocycles. The van der Waals surface area contributed by atoms with Crippen molar-refractivity contribution in [1.29, 1.82) is 0 Å². The summed E-state index contributed by atoms with van der Waals surface area (Å²) in [6.07, 6.45) is 2.29. The van der Waals surface area contributed by atoms with E-state index in [1.165, 1.54) is 0 Å². The number of rotatable bonds is 6. The van der Waals surface area contributed by atoms with E-state index in [2.05, 4.69) is 47.4 Å². The molecule has 31 heavy (non-hydrogen) atoms. The van der Waals surface area contributed by atoms with Crippen LogP contribution in [0.2, 0.25) is 0 Å². The molecule has 160 valence electrons. The third-order valence-corrected chi connectivity index (χ3v) is 5.07. The molecule has 4 rings (SSSR count). The van der Waals surface area contributed by atoms with Gasteiger partial charge in [-0.05, 0) is 31.3 Å². The van der Waals surface area contributed by atoms with Crippen molar-refractivity contribution in [3.05, 3.63) is 60.0 Å². The summed E-state index contributed by atoms with van der Waals surface area (Å²) in [6, 6.07) is 12.7. The first-order valence-electron chi connectivity index (χ1n) is 10.4. The summed E-state index contributed by atoms with van der Waals surface area (Å²) in [6.45, 7) is 5.69. The second kappa shape index (κ2) is 9.48. The van der Waals surface area contributed by atoms with E-state index in [-0.39, 0.29) is 5.91 Å². The smallest absolute Gasteiger partial charge is 0.255 e. The lowest BCUT2D eigenvalue weighted by Gasteiger charge is -2.32. The number of para-hydroxylation sites is 1. The molecule has 0 radical (unpaired) electrons. The normalized spacial score (nSPS) is 14.3. The van der Waals surface area contributed by atoms with Gasteiger partial charge in [0.15, 0.2) is 0 Å². The first-order chi connectivity index (χ1) is 15.1. The number of hydrogen-bond acceptors (Lipinski definition) is 8. The molecule has 0 aliphatic carbocycles. The van der Waals surface area contributed by atoms with Crippen molar-refractivity contribution in [1.82, 2.24) is 24.8 Å². The van der Waals surface area contributed by atoms with Crippen LogP contribution in [0.25, 0.3) is 0 Å². The SMILES string of the molecule is CCc1nc(Nc2cc(C(=O)Nc3ccccc3)ccn2)nc(N2CCN(C)CC2)n1. The molecule has 1 saturated heterocycles. The Balaban J connectivity index is 1.51. The summed E-state index contributed by atoms with van der Waals surface area (Å²) in [4.78, 5) is 35.0. The van der Waals surface area contributed by atoms with E-state index < -0.39 is 0 Å². The van der Waals surface area contributed by atoms with Crippen LogP contribution in [0.5, 0.6) is 0 Å². The molecule has 1 aliphatic rings. The van der Waals surface area contributed by atoms with Gasteiger partial charge in [0, 0.05) is 50.0 Å². The molecule has 0 atom stereocenters. The number of benzene rings is 1. The van der Waals surface area contributed by atoms with Crippen LogP contribution >= 0.6 is 0 Å². The van der Waals surface area contributed by atoms with Crippen molar-refractivity contribution < 1.29 is 4.79 Å². The highest BCUT2D eigenvalue weighted by Gasteiger charge is 2.18. The Labute approximate surface area is 181 Å². The molecule has 1 amide bonds. The van der Waals surface area contributed by atoms with E-state index in [0.717, 1.165) is 31.9 Å². The van der Waals surface area contributed by atoms with Gasteiger partial charge in [0.05, 0.1) is 0 Å². The lowest BCUT2D eigenvalue weighted by Crippen LogP contribution is -2.45. The average Bonchev–Trinajstić information content (AvgIpc) is 2.80. The van der Waals surface area contributed by atoms with E-state index in [4.69, 9.17) is 0 Å². The first kappa shape index (κ1) is 20.7. The maximum Gasteiger partial charge on any atom is 0.255 e. The molecular weight excluding hydrogens is 392 g/mol. The van der Waals surface area contributed by atoms with Crippen molar-refractivity contribution in [2.45, 2.75) is 13.3 Å². The monoisotopic (exact) mass is 418 g/mol. The van der Waals surface area contributed by atoms with Gasteiger partial charge >= 0.3 is 0 Å². The number of nitrogens with zero attached hydrogens (tertiary/aromatic N) is 6. The Kier molecular flexibility index (Phi) is 6.32. The molecule has 3 heterocycles. The molecule has 0 saturated carbocycles. The molecule has 0 spiro atoms. The minimum Gasteiger partial charge on any atom is -0.338 e. The second-order valence-corrected chi connectivity index (χ2v) is 7.39. The second-order valence-electron chi connectivity index (χ2n) is 7.39. The number of anilines is 4. The molecule has 1 aliphatic heterocycles. The standard InChI is InChI=1S/C22H26N8O/c1-3-18-25-21(28-22(27-18)30-13-11-29(2)12-14-30)26-19-15-16(9-10-23-19)20(31)24-17-7-5-4-6-8-17/h4-10,15H,3,11-14H2,1-2H3,(H,24,31)(H,23,25,26,27,28). The van der Waals surface area contributed by atoms with Crippen molar-refractivity contribution in [2.75, 3.05) is 48.8 Å². The van der Waals surface area contributed by atoms with Crippen LogP contribution in [0.1, 0.15) is 23.1 Å². The molecule has 3 aromatic rings. The van der Waals surface area contributed by atoms with Crippen LogP contribution < -0.4 is 15.5 Å². The number of hydrogen-bond donors (Lipinski definition) is 2. The van der Waals surface area contributed by atoms with E-state index in [9.17, 15) is 4.79 Å². The van der Waals surface area contributed by atoms with Crippen LogP contribution in [-0.4, -0.2) is 64.0 Å². The van der Waals surface area contributed by atoms with Gasteiger partial charge in [0.2, 0.25) is 11.9 Å². The van der Waals surface area contributed by atoms with Crippen molar-refractivity contribution in [2.24, 2.45) is 0 Å². The van der Waals surface area contributed by atoms with E-state index in [0.29, 0.717) is 35.5 Å². The topological polar surface area (TPSA) is 99.2 Å². The van der Waals surface area contributed by atoms with Crippen molar-refractivity contribution in [3.63, 3.8) is 0 Å². The summed E-state index contributed by atoms with van der Waals surface area (Å²) < 4.78 is 0. The minimum atomic E-state index is -0.209. The van der Waals surface area contributed by atoms with E-state index in [1.807, 2.05) is 37.3 Å². The van der Waals surface area contributed by atoms with Crippen molar-refractivity contribution >= 4 is 29.3 Å². The molecule has 1 fully saturated rings. The Morgan fingerprint density at radius 3 is 2.55 bits per heavy atom. The summed E-state index contributed by atoms with van der Waals surface area (Å²) in [5.74, 6) is 2.09. The van der Waals surface area contributed by atoms with Crippen LogP contribution in [-0.2, 0) is 6.42 Å². The molecule has 1 aromatic carbocycles. The Morgan fingerprint density at radius 2 is 1.81 bits per heavy atom. The number of aromatic nitrogens is 4. The lowest BCUT2D eigenvalue weighted by molar-refractivity contribution is 0.102. The Bertz CT molecular complexity index is 1030. The van der Waals surface area contributed by atoms with Crippen LogP contribution in [0.4, 0.5) is 23.4 Å². The van der Waals surface area contributed by atoms with Gasteiger partial charge in [-0.15, -0.1) is 0 Å². The minimum absolute atomic E-state index is 0.209. The molecule has 0 unspecified atom stereocenters. The van der Waals surface area contributed by atoms with Crippen LogP contribution in [0.3, 0.4) is 0 Å². The summed E-state index contributed by atoms with van der Waals surface area (Å²) in [5.41, 5.74) is 1.23. The predicted octanol–water partition coefficient (Wildman–Crippen LogP) is 2.58. The van der Waals surface area contributed by atoms with E-state index >= 15 is 0 Å². The van der Waals surface area contributed by atoms with Crippen LogP contribution in [0.15, 0.2) is 48.7 Å². The van der Waals surface area contributed by atoms with Gasteiger partial charge in [0.25, 0.3) is 5.91 Å². The quantitative estimate of drug-likeness (QED) is 0.630. The van der Waals surface area contributed by atoms with Gasteiger partial charge in [-0.1, -0.05) is 25.1 Å². The van der Waals surface area contributed by atoms with Gasteiger partial charge in [-0.25, -0.2) is 4.98 Å². The number of nitrogens with one attached hydrogen (secondary N) is 2. The fourth-order valence-corrected chi connectivity index (χ4v) is 3.25. The predicted molar refractivity (Wildman–Crippen MR) is 121 cm³/mol. The van der Waals surface area contributed by atoms with Gasteiger partial charge in [-0.2, -0.15) is 15.0 Å². The lowest BCUT2D eigenvalue weighted by atomic mass is 10.2. The highest BCUT2D eigenvalue weighted by atomic mass is 16.1. The number of carbonyl (C=O) groups excluding carboxylic acids is 1. The Hall–Kier alpha value is -3.59. The maximum absolute atomic E-state index is 12.6. The fourth-order valence-electron chi connectivity index (χ4n) is 3.25. The van der Waals surface area contributed by atoms with Gasteiger partial charge in [0.1, 0.15) is 11.6 Å². The number of piperazine rings is 1. The number of amides is 1. The van der Waals surface area contributed by atoms with Crippen LogP contribution in [0, 0.1) is 0 Å². The summed E-state index contributed by atoms with van der Waals surface area (Å²) in [5, 5.41) is 6.01. The van der Waals surface area contributed by atoms with Gasteiger partial charge in [-0.3, -0.25) is 4.79 Å². The molecule has 0 bridgehead atoms. The largest absolute Gasteiger partial charge is 0.338 e. The molecule has 2 N–H and O–H groups in total. The first-order valence-corrected chi connectivity index (χ1v) is 10.4. The number of carbonyl (C=O) groups is 1. The number of aryl methyl sites for hydroxylation is 1. The zero-order valence-corrected chi connectivity index (χ0v) is 17.7. The third-order valence-electron chi connectivity index (χ3n) is 5.07. The molecule has 9 heteroatoms. The summed E-state index contributed by atoms with van der Waals surface area (Å²) >= 11 is 0. The zero-order valence-electron chi connectivity index (χ0n) is 17.7. The van der Waals surface area contributed by atoms with E-state index in [1.54, 1.807) is 18.3 Å². The summed E-state index contributed by atoms with van der Waals surface area (Å²) in [7, 11) is 2.11. The highest BCUT2D eigenvalue weighted by molar-refractivity contribution is 6.04. The maximum atomic E-state index is 12.6.